The van der Waals surface area contributed by atoms with Crippen LogP contribution in [0.25, 0.3) is 0 Å². The third-order valence-electron chi connectivity index (χ3n) is 3.17. The van der Waals surface area contributed by atoms with Gasteiger partial charge in [0.05, 0.1) is 0 Å². The minimum absolute atomic E-state index is 0.0764. The molecule has 1 aliphatic rings. The summed E-state index contributed by atoms with van der Waals surface area (Å²) in [7, 11) is -0.895. The van der Waals surface area contributed by atoms with Crippen molar-refractivity contribution in [1.82, 2.24) is 5.32 Å². The molecule has 0 saturated carbocycles. The van der Waals surface area contributed by atoms with E-state index in [0.717, 1.165) is 25.1 Å². The highest BCUT2D eigenvalue weighted by molar-refractivity contribution is 7.84. The van der Waals surface area contributed by atoms with E-state index in [9.17, 15) is 9.00 Å². The van der Waals surface area contributed by atoms with E-state index in [-0.39, 0.29) is 11.9 Å². The van der Waals surface area contributed by atoms with Crippen molar-refractivity contribution in [3.8, 4) is 0 Å². The molecule has 0 spiro atoms. The van der Waals surface area contributed by atoms with E-state index in [0.29, 0.717) is 11.3 Å². The van der Waals surface area contributed by atoms with E-state index in [1.807, 2.05) is 25.1 Å². The van der Waals surface area contributed by atoms with Crippen LogP contribution in [0, 0.1) is 0 Å². The standard InChI is InChI=1S/C14H20N2O2S/c1-10(9-19(2)18)16-14(17)12-5-6-13-11(8-12)4-3-7-15-13/h5-6,8,10,15H,3-4,7,9H2,1-2H3,(H,16,17). The maximum atomic E-state index is 12.1. The van der Waals surface area contributed by atoms with Crippen molar-refractivity contribution in [2.24, 2.45) is 0 Å². The molecule has 0 saturated heterocycles. The Morgan fingerprint density at radius 1 is 1.53 bits per heavy atom. The van der Waals surface area contributed by atoms with Gasteiger partial charge in [-0.05, 0) is 43.5 Å². The number of anilines is 1. The smallest absolute Gasteiger partial charge is 0.251 e. The first-order valence-corrected chi connectivity index (χ1v) is 8.26. The molecule has 1 heterocycles. The van der Waals surface area contributed by atoms with Gasteiger partial charge in [0.1, 0.15) is 0 Å². The molecule has 2 unspecified atom stereocenters. The minimum atomic E-state index is -0.895. The molecule has 4 nitrogen and oxygen atoms in total. The van der Waals surface area contributed by atoms with Gasteiger partial charge in [0.15, 0.2) is 0 Å². The van der Waals surface area contributed by atoms with Gasteiger partial charge in [-0.3, -0.25) is 9.00 Å². The van der Waals surface area contributed by atoms with Crippen molar-refractivity contribution in [2.45, 2.75) is 25.8 Å². The lowest BCUT2D eigenvalue weighted by Crippen LogP contribution is -2.36. The Bertz CT molecular complexity index is 502. The number of carbonyl (C=O) groups excluding carboxylic acids is 1. The number of amides is 1. The Balaban J connectivity index is 2.05. The van der Waals surface area contributed by atoms with Crippen LogP contribution in [0.5, 0.6) is 0 Å². The van der Waals surface area contributed by atoms with Crippen molar-refractivity contribution in [2.75, 3.05) is 23.9 Å². The fourth-order valence-electron chi connectivity index (χ4n) is 2.32. The third kappa shape index (κ3) is 3.80. The van der Waals surface area contributed by atoms with Crippen LogP contribution in [0.4, 0.5) is 5.69 Å². The van der Waals surface area contributed by atoms with Crippen molar-refractivity contribution < 1.29 is 9.00 Å². The van der Waals surface area contributed by atoms with E-state index >= 15 is 0 Å². The summed E-state index contributed by atoms with van der Waals surface area (Å²) >= 11 is 0. The van der Waals surface area contributed by atoms with Crippen molar-refractivity contribution in [3.63, 3.8) is 0 Å². The lowest BCUT2D eigenvalue weighted by atomic mass is 10.0. The maximum Gasteiger partial charge on any atom is 0.251 e. The van der Waals surface area contributed by atoms with E-state index in [1.54, 1.807) is 6.26 Å². The van der Waals surface area contributed by atoms with Gasteiger partial charge in [0.2, 0.25) is 0 Å². The highest BCUT2D eigenvalue weighted by Crippen LogP contribution is 2.22. The average Bonchev–Trinajstić information content (AvgIpc) is 2.37. The molecule has 1 aliphatic heterocycles. The highest BCUT2D eigenvalue weighted by Gasteiger charge is 2.14. The number of carbonyl (C=O) groups is 1. The number of hydrogen-bond donors (Lipinski definition) is 2. The molecular formula is C14H20N2O2S. The largest absolute Gasteiger partial charge is 0.385 e. The fraction of sp³-hybridized carbons (Fsp3) is 0.500. The number of fused-ring (bicyclic) bond motifs is 1. The molecule has 5 heteroatoms. The van der Waals surface area contributed by atoms with E-state index in [4.69, 9.17) is 0 Å². The van der Waals surface area contributed by atoms with Crippen LogP contribution >= 0.6 is 0 Å². The molecule has 2 N–H and O–H groups in total. The summed E-state index contributed by atoms with van der Waals surface area (Å²) in [6, 6.07) is 5.67. The Labute approximate surface area is 116 Å². The SMILES string of the molecule is CC(CS(C)=O)NC(=O)c1ccc2c(c1)CCCN2. The number of hydrogen-bond acceptors (Lipinski definition) is 3. The van der Waals surface area contributed by atoms with Crippen LogP contribution in [-0.2, 0) is 17.2 Å². The number of aryl methyl sites for hydroxylation is 1. The van der Waals surface area contributed by atoms with Crippen molar-refractivity contribution in [1.29, 1.82) is 0 Å². The van der Waals surface area contributed by atoms with Gasteiger partial charge in [0.25, 0.3) is 5.91 Å². The second kappa shape index (κ2) is 6.19. The van der Waals surface area contributed by atoms with Gasteiger partial charge in [0, 0.05) is 46.6 Å². The molecular weight excluding hydrogens is 260 g/mol. The minimum Gasteiger partial charge on any atom is -0.385 e. The maximum absolute atomic E-state index is 12.1. The summed E-state index contributed by atoms with van der Waals surface area (Å²) < 4.78 is 11.1. The van der Waals surface area contributed by atoms with Crippen LogP contribution in [0.3, 0.4) is 0 Å². The Kier molecular flexibility index (Phi) is 4.58. The molecule has 0 aliphatic carbocycles. The summed E-state index contributed by atoms with van der Waals surface area (Å²) in [4.78, 5) is 12.1. The Morgan fingerprint density at radius 2 is 2.32 bits per heavy atom. The van der Waals surface area contributed by atoms with Gasteiger partial charge in [-0.15, -0.1) is 0 Å². The van der Waals surface area contributed by atoms with Crippen LogP contribution in [0.15, 0.2) is 18.2 Å². The molecule has 1 aromatic rings. The molecule has 0 aromatic heterocycles. The van der Waals surface area contributed by atoms with Gasteiger partial charge >= 0.3 is 0 Å². The highest BCUT2D eigenvalue weighted by atomic mass is 32.2. The molecule has 19 heavy (non-hydrogen) atoms. The summed E-state index contributed by atoms with van der Waals surface area (Å²) in [5, 5.41) is 6.21. The van der Waals surface area contributed by atoms with E-state index in [2.05, 4.69) is 10.6 Å². The molecule has 1 amide bonds. The lowest BCUT2D eigenvalue weighted by Gasteiger charge is -2.19. The fourth-order valence-corrected chi connectivity index (χ4v) is 3.10. The van der Waals surface area contributed by atoms with Crippen LogP contribution < -0.4 is 10.6 Å². The van der Waals surface area contributed by atoms with Crippen LogP contribution in [-0.4, -0.2) is 34.7 Å². The quantitative estimate of drug-likeness (QED) is 0.879. The van der Waals surface area contributed by atoms with Crippen molar-refractivity contribution >= 4 is 22.4 Å². The first-order chi connectivity index (χ1) is 9.06. The molecule has 0 fully saturated rings. The molecule has 2 rings (SSSR count). The predicted molar refractivity (Wildman–Crippen MR) is 79.1 cm³/mol. The van der Waals surface area contributed by atoms with Gasteiger partial charge in [-0.1, -0.05) is 0 Å². The molecule has 0 radical (unpaired) electrons. The van der Waals surface area contributed by atoms with Crippen LogP contribution in [0.1, 0.15) is 29.3 Å². The summed E-state index contributed by atoms with van der Waals surface area (Å²) in [5.41, 5.74) is 3.01. The average molecular weight is 280 g/mol. The second-order valence-corrected chi connectivity index (χ2v) is 6.50. The van der Waals surface area contributed by atoms with Crippen molar-refractivity contribution in [3.05, 3.63) is 29.3 Å². The van der Waals surface area contributed by atoms with E-state index < -0.39 is 10.8 Å². The molecule has 2 atom stereocenters. The topological polar surface area (TPSA) is 58.2 Å². The molecule has 1 aromatic carbocycles. The molecule has 0 bridgehead atoms. The van der Waals surface area contributed by atoms with Gasteiger partial charge in [-0.2, -0.15) is 0 Å². The first kappa shape index (κ1) is 14.1. The zero-order valence-electron chi connectivity index (χ0n) is 11.4. The Morgan fingerprint density at radius 3 is 3.05 bits per heavy atom. The Hall–Kier alpha value is -1.36. The number of rotatable bonds is 4. The summed E-state index contributed by atoms with van der Waals surface area (Å²) in [5.74, 6) is 0.393. The monoisotopic (exact) mass is 280 g/mol. The second-order valence-electron chi connectivity index (χ2n) is 5.02. The number of benzene rings is 1. The zero-order chi connectivity index (χ0) is 13.8. The lowest BCUT2D eigenvalue weighted by molar-refractivity contribution is 0.0943. The normalized spacial score (nSPS) is 16.9. The number of nitrogens with one attached hydrogen (secondary N) is 2. The third-order valence-corrected chi connectivity index (χ3v) is 4.14. The first-order valence-electron chi connectivity index (χ1n) is 6.54. The van der Waals surface area contributed by atoms with Crippen LogP contribution in [0.2, 0.25) is 0 Å². The molecule has 104 valence electrons. The van der Waals surface area contributed by atoms with E-state index in [1.165, 1.54) is 5.56 Å². The van der Waals surface area contributed by atoms with Gasteiger partial charge < -0.3 is 10.6 Å². The zero-order valence-corrected chi connectivity index (χ0v) is 12.2. The summed E-state index contributed by atoms with van der Waals surface area (Å²) in [6.45, 7) is 2.87. The predicted octanol–water partition coefficient (Wildman–Crippen LogP) is 1.54. The summed E-state index contributed by atoms with van der Waals surface area (Å²) in [6.07, 6.45) is 3.76. The van der Waals surface area contributed by atoms with Gasteiger partial charge in [-0.25, -0.2) is 0 Å².